The molecule has 0 atom stereocenters. The van der Waals surface area contributed by atoms with Gasteiger partial charge >= 0.3 is 0 Å². The highest BCUT2D eigenvalue weighted by molar-refractivity contribution is 7.91. The molecule has 0 radical (unpaired) electrons. The van der Waals surface area contributed by atoms with Crippen LogP contribution in [0.4, 0.5) is 0 Å². The van der Waals surface area contributed by atoms with Crippen LogP contribution >= 0.6 is 0 Å². The van der Waals surface area contributed by atoms with Gasteiger partial charge in [-0.25, -0.2) is 8.42 Å². The summed E-state index contributed by atoms with van der Waals surface area (Å²) in [6, 6.07) is 0. The maximum atomic E-state index is 12.2. The van der Waals surface area contributed by atoms with E-state index in [1.165, 1.54) is 0 Å². The summed E-state index contributed by atoms with van der Waals surface area (Å²) in [5.74, 6) is 1.35. The molecule has 98 valence electrons. The molecular formula is C12H21NO3S. The van der Waals surface area contributed by atoms with E-state index in [-0.39, 0.29) is 23.3 Å². The van der Waals surface area contributed by atoms with Crippen molar-refractivity contribution in [2.24, 2.45) is 11.8 Å². The monoisotopic (exact) mass is 259 g/mol. The number of hydrogen-bond donors (Lipinski definition) is 0. The molecule has 0 unspecified atom stereocenters. The van der Waals surface area contributed by atoms with Gasteiger partial charge in [0.25, 0.3) is 0 Å². The second-order valence-electron chi connectivity index (χ2n) is 5.43. The van der Waals surface area contributed by atoms with Crippen molar-refractivity contribution in [2.75, 3.05) is 24.6 Å². The van der Waals surface area contributed by atoms with Gasteiger partial charge in [-0.1, -0.05) is 6.92 Å². The standard InChI is InChI=1S/C12H21NO3S/c1-10-2-4-11(5-3-10)12(14)13-6-8-17(15,16)9-7-13/h10-11H,2-9H2,1H3. The molecule has 0 N–H and O–H groups in total. The van der Waals surface area contributed by atoms with Gasteiger partial charge in [0.05, 0.1) is 11.5 Å². The first-order chi connectivity index (χ1) is 7.98. The number of carbonyl (C=O) groups is 1. The van der Waals surface area contributed by atoms with E-state index in [4.69, 9.17) is 0 Å². The minimum Gasteiger partial charge on any atom is -0.340 e. The highest BCUT2D eigenvalue weighted by Crippen LogP contribution is 2.29. The molecule has 0 aromatic heterocycles. The summed E-state index contributed by atoms with van der Waals surface area (Å²) < 4.78 is 22.6. The number of hydrogen-bond acceptors (Lipinski definition) is 3. The van der Waals surface area contributed by atoms with Gasteiger partial charge in [0.1, 0.15) is 0 Å². The Kier molecular flexibility index (Phi) is 3.76. The lowest BCUT2D eigenvalue weighted by Gasteiger charge is -2.33. The van der Waals surface area contributed by atoms with Crippen LogP contribution in [-0.2, 0) is 14.6 Å². The van der Waals surface area contributed by atoms with Crippen LogP contribution in [-0.4, -0.2) is 43.8 Å². The Morgan fingerprint density at radius 2 is 1.59 bits per heavy atom. The van der Waals surface area contributed by atoms with Crippen molar-refractivity contribution in [3.8, 4) is 0 Å². The van der Waals surface area contributed by atoms with Gasteiger partial charge in [-0.05, 0) is 31.6 Å². The molecule has 1 amide bonds. The molecule has 0 aromatic carbocycles. The van der Waals surface area contributed by atoms with Crippen molar-refractivity contribution in [1.82, 2.24) is 4.90 Å². The SMILES string of the molecule is CC1CCC(C(=O)N2CCS(=O)(=O)CC2)CC1. The fraction of sp³-hybridized carbons (Fsp3) is 0.917. The zero-order chi connectivity index (χ0) is 12.5. The van der Waals surface area contributed by atoms with Crippen molar-refractivity contribution in [2.45, 2.75) is 32.6 Å². The van der Waals surface area contributed by atoms with Crippen LogP contribution in [0.15, 0.2) is 0 Å². The number of nitrogens with zero attached hydrogens (tertiary/aromatic N) is 1. The first-order valence-electron chi connectivity index (χ1n) is 6.47. The highest BCUT2D eigenvalue weighted by Gasteiger charge is 2.31. The molecule has 0 bridgehead atoms. The Labute approximate surface area is 103 Å². The summed E-state index contributed by atoms with van der Waals surface area (Å²) in [7, 11) is -2.88. The minimum absolute atomic E-state index is 0.141. The van der Waals surface area contributed by atoms with Gasteiger partial charge in [0.2, 0.25) is 5.91 Å². The molecule has 1 heterocycles. The van der Waals surface area contributed by atoms with E-state index in [2.05, 4.69) is 6.92 Å². The maximum absolute atomic E-state index is 12.2. The summed E-state index contributed by atoms with van der Waals surface area (Å²) in [5.41, 5.74) is 0. The predicted molar refractivity (Wildman–Crippen MR) is 66.4 cm³/mol. The first-order valence-corrected chi connectivity index (χ1v) is 8.29. The third kappa shape index (κ3) is 3.21. The van der Waals surface area contributed by atoms with E-state index < -0.39 is 9.84 Å². The van der Waals surface area contributed by atoms with Crippen molar-refractivity contribution >= 4 is 15.7 Å². The van der Waals surface area contributed by atoms with Gasteiger partial charge < -0.3 is 4.90 Å². The molecule has 0 aromatic rings. The Morgan fingerprint density at radius 1 is 1.06 bits per heavy atom. The molecule has 1 aliphatic heterocycles. The predicted octanol–water partition coefficient (Wildman–Crippen LogP) is 1.07. The van der Waals surface area contributed by atoms with E-state index in [0.29, 0.717) is 13.1 Å². The second-order valence-corrected chi connectivity index (χ2v) is 7.74. The zero-order valence-corrected chi connectivity index (χ0v) is 11.2. The molecule has 0 spiro atoms. The van der Waals surface area contributed by atoms with Crippen LogP contribution in [0.3, 0.4) is 0 Å². The molecular weight excluding hydrogens is 238 g/mol. The summed E-state index contributed by atoms with van der Waals surface area (Å²) in [5, 5.41) is 0. The first kappa shape index (κ1) is 12.9. The number of amides is 1. The quantitative estimate of drug-likeness (QED) is 0.708. The van der Waals surface area contributed by atoms with Gasteiger partial charge in [-0.3, -0.25) is 4.79 Å². The molecule has 1 saturated heterocycles. The van der Waals surface area contributed by atoms with Crippen LogP contribution < -0.4 is 0 Å². The third-order valence-electron chi connectivity index (χ3n) is 4.02. The molecule has 1 saturated carbocycles. The lowest BCUT2D eigenvalue weighted by atomic mass is 9.82. The normalized spacial score (nSPS) is 33.4. The van der Waals surface area contributed by atoms with E-state index in [0.717, 1.165) is 31.6 Å². The summed E-state index contributed by atoms with van der Waals surface area (Å²) >= 11 is 0. The number of rotatable bonds is 1. The van der Waals surface area contributed by atoms with Gasteiger partial charge in [-0.15, -0.1) is 0 Å². The molecule has 1 aliphatic carbocycles. The molecule has 4 nitrogen and oxygen atoms in total. The number of carbonyl (C=O) groups excluding carboxylic acids is 1. The van der Waals surface area contributed by atoms with E-state index in [1.54, 1.807) is 4.90 Å². The van der Waals surface area contributed by atoms with Crippen molar-refractivity contribution < 1.29 is 13.2 Å². The molecule has 5 heteroatoms. The van der Waals surface area contributed by atoms with Gasteiger partial charge in [0, 0.05) is 19.0 Å². The number of sulfone groups is 1. The molecule has 17 heavy (non-hydrogen) atoms. The van der Waals surface area contributed by atoms with Crippen LogP contribution in [0.5, 0.6) is 0 Å². The van der Waals surface area contributed by atoms with E-state index in [9.17, 15) is 13.2 Å². The summed E-state index contributed by atoms with van der Waals surface area (Å²) in [4.78, 5) is 14.0. The third-order valence-corrected chi connectivity index (χ3v) is 5.63. The van der Waals surface area contributed by atoms with Crippen LogP contribution in [0.2, 0.25) is 0 Å². The lowest BCUT2D eigenvalue weighted by molar-refractivity contribution is -0.136. The minimum atomic E-state index is -2.88. The Balaban J connectivity index is 1.88. The topological polar surface area (TPSA) is 54.5 Å². The molecule has 2 rings (SSSR count). The van der Waals surface area contributed by atoms with Gasteiger partial charge in [0.15, 0.2) is 9.84 Å². The van der Waals surface area contributed by atoms with Crippen molar-refractivity contribution in [3.05, 3.63) is 0 Å². The average Bonchev–Trinajstić information content (AvgIpc) is 2.29. The average molecular weight is 259 g/mol. The highest BCUT2D eigenvalue weighted by atomic mass is 32.2. The largest absolute Gasteiger partial charge is 0.340 e. The van der Waals surface area contributed by atoms with Crippen molar-refractivity contribution in [1.29, 1.82) is 0 Å². The fourth-order valence-electron chi connectivity index (χ4n) is 2.70. The second kappa shape index (κ2) is 4.96. The van der Waals surface area contributed by atoms with Crippen LogP contribution in [0, 0.1) is 11.8 Å². The zero-order valence-electron chi connectivity index (χ0n) is 10.4. The van der Waals surface area contributed by atoms with Crippen LogP contribution in [0.25, 0.3) is 0 Å². The molecule has 2 fully saturated rings. The maximum Gasteiger partial charge on any atom is 0.225 e. The Bertz CT molecular complexity index is 369. The van der Waals surface area contributed by atoms with Crippen LogP contribution in [0.1, 0.15) is 32.6 Å². The van der Waals surface area contributed by atoms with E-state index in [1.807, 2.05) is 0 Å². The smallest absolute Gasteiger partial charge is 0.225 e. The van der Waals surface area contributed by atoms with Gasteiger partial charge in [-0.2, -0.15) is 0 Å². The Morgan fingerprint density at radius 3 is 2.12 bits per heavy atom. The van der Waals surface area contributed by atoms with Crippen molar-refractivity contribution in [3.63, 3.8) is 0 Å². The summed E-state index contributed by atoms with van der Waals surface area (Å²) in [6.07, 6.45) is 4.21. The fourth-order valence-corrected chi connectivity index (χ4v) is 3.90. The Hall–Kier alpha value is -0.580. The molecule has 2 aliphatic rings. The lowest BCUT2D eigenvalue weighted by Crippen LogP contribution is -2.46. The van der Waals surface area contributed by atoms with E-state index >= 15 is 0 Å². The summed E-state index contributed by atoms with van der Waals surface area (Å²) in [6.45, 7) is 3.02.